The Morgan fingerprint density at radius 3 is 2.80 bits per heavy atom. The van der Waals surface area contributed by atoms with Crippen molar-refractivity contribution in [1.82, 2.24) is 4.98 Å². The van der Waals surface area contributed by atoms with Gasteiger partial charge in [0.15, 0.2) is 0 Å². The van der Waals surface area contributed by atoms with Crippen molar-refractivity contribution < 1.29 is 4.21 Å². The van der Waals surface area contributed by atoms with E-state index in [1.54, 1.807) is 31.4 Å². The zero-order valence-corrected chi connectivity index (χ0v) is 9.92. The fraction of sp³-hybridized carbons (Fsp3) is 0.333. The Bertz CT molecular complexity index is 497. The average molecular weight is 244 g/mol. The molecule has 0 saturated carbocycles. The topological polar surface area (TPSA) is 66.1 Å². The second-order valence-electron chi connectivity index (χ2n) is 3.11. The van der Waals surface area contributed by atoms with Crippen LogP contribution in [-0.2, 0) is 9.73 Å². The van der Waals surface area contributed by atoms with Gasteiger partial charge in [-0.25, -0.2) is 9.19 Å². The minimum Gasteiger partial charge on any atom is -0.248 e. The predicted molar refractivity (Wildman–Crippen MR) is 59.8 cm³/mol. The van der Waals surface area contributed by atoms with Crippen LogP contribution >= 0.6 is 11.6 Å². The smallest absolute Gasteiger partial charge is 0.214 e. The standard InChI is InChI=1S/C9H10ClN3OS/c1-7(15(2,14)13-6-11)8-3-4-9(10)12-5-8/h3-5,7H,1-2H3/t7-,15?/m0/s1. The SMILES string of the molecule is C[C@@H](c1ccc(Cl)nc1)S(C)(=O)=NC#N. The van der Waals surface area contributed by atoms with Crippen molar-refractivity contribution in [3.8, 4) is 6.19 Å². The molecule has 15 heavy (non-hydrogen) atoms. The maximum absolute atomic E-state index is 11.9. The van der Waals surface area contributed by atoms with Gasteiger partial charge in [-0.1, -0.05) is 17.7 Å². The predicted octanol–water partition coefficient (Wildman–Crippen LogP) is 2.37. The Hall–Kier alpha value is -1.12. The van der Waals surface area contributed by atoms with Crippen LogP contribution in [0.3, 0.4) is 0 Å². The molecule has 0 aliphatic heterocycles. The van der Waals surface area contributed by atoms with Gasteiger partial charge in [-0.2, -0.15) is 5.26 Å². The molecule has 0 aliphatic carbocycles. The third-order valence-electron chi connectivity index (χ3n) is 2.10. The molecular formula is C9H10ClN3OS. The second kappa shape index (κ2) is 4.60. The molecule has 80 valence electrons. The maximum atomic E-state index is 11.9. The van der Waals surface area contributed by atoms with Crippen molar-refractivity contribution in [2.24, 2.45) is 4.36 Å². The Balaban J connectivity index is 3.12. The second-order valence-corrected chi connectivity index (χ2v) is 6.11. The molecule has 1 rings (SSSR count). The van der Waals surface area contributed by atoms with Crippen molar-refractivity contribution in [3.05, 3.63) is 29.0 Å². The monoisotopic (exact) mass is 243 g/mol. The Morgan fingerprint density at radius 1 is 1.67 bits per heavy atom. The van der Waals surface area contributed by atoms with Crippen molar-refractivity contribution in [2.45, 2.75) is 12.2 Å². The largest absolute Gasteiger partial charge is 0.248 e. The third-order valence-corrected chi connectivity index (χ3v) is 4.35. The molecule has 0 spiro atoms. The number of aromatic nitrogens is 1. The minimum atomic E-state index is -2.55. The number of pyridine rings is 1. The van der Waals surface area contributed by atoms with E-state index in [1.165, 1.54) is 6.26 Å². The van der Waals surface area contributed by atoms with Gasteiger partial charge in [0.1, 0.15) is 5.15 Å². The molecule has 0 fully saturated rings. The molecule has 0 amide bonds. The summed E-state index contributed by atoms with van der Waals surface area (Å²) in [5.74, 6) is 0. The summed E-state index contributed by atoms with van der Waals surface area (Å²) >= 11 is 5.63. The quantitative estimate of drug-likeness (QED) is 0.592. The zero-order valence-electron chi connectivity index (χ0n) is 8.35. The first-order valence-corrected chi connectivity index (χ1v) is 6.54. The van der Waals surface area contributed by atoms with E-state index in [4.69, 9.17) is 16.9 Å². The summed E-state index contributed by atoms with van der Waals surface area (Å²) in [6.07, 6.45) is 4.57. The van der Waals surface area contributed by atoms with Gasteiger partial charge in [-0.05, 0) is 18.6 Å². The highest BCUT2D eigenvalue weighted by atomic mass is 35.5. The first-order chi connectivity index (χ1) is 6.97. The summed E-state index contributed by atoms with van der Waals surface area (Å²) in [7, 11) is -2.55. The molecule has 2 atom stereocenters. The van der Waals surface area contributed by atoms with Gasteiger partial charge in [-0.15, -0.1) is 4.36 Å². The van der Waals surface area contributed by atoms with E-state index in [-0.39, 0.29) is 5.25 Å². The van der Waals surface area contributed by atoms with E-state index in [1.807, 2.05) is 0 Å². The number of nitrogens with zero attached hydrogens (tertiary/aromatic N) is 3. The summed E-state index contributed by atoms with van der Waals surface area (Å²) in [5, 5.41) is 8.44. The summed E-state index contributed by atoms with van der Waals surface area (Å²) in [6, 6.07) is 3.35. The molecule has 4 nitrogen and oxygen atoms in total. The van der Waals surface area contributed by atoms with E-state index >= 15 is 0 Å². The molecule has 1 aromatic heterocycles. The lowest BCUT2D eigenvalue weighted by molar-refractivity contribution is 0.673. The van der Waals surface area contributed by atoms with Crippen LogP contribution in [0.2, 0.25) is 5.15 Å². The zero-order chi connectivity index (χ0) is 11.5. The highest BCUT2D eigenvalue weighted by molar-refractivity contribution is 7.93. The minimum absolute atomic E-state index is 0.345. The van der Waals surface area contributed by atoms with Gasteiger partial charge in [-0.3, -0.25) is 0 Å². The van der Waals surface area contributed by atoms with Crippen LogP contribution in [0.4, 0.5) is 0 Å². The molecule has 0 aliphatic rings. The molecule has 0 bridgehead atoms. The van der Waals surface area contributed by atoms with Crippen LogP contribution in [0.25, 0.3) is 0 Å². The van der Waals surface area contributed by atoms with Crippen LogP contribution < -0.4 is 0 Å². The Kier molecular flexibility index (Phi) is 3.66. The third kappa shape index (κ3) is 2.91. The van der Waals surface area contributed by atoms with Crippen LogP contribution in [-0.4, -0.2) is 15.4 Å². The van der Waals surface area contributed by atoms with Gasteiger partial charge < -0.3 is 0 Å². The average Bonchev–Trinajstić information content (AvgIpc) is 2.18. The summed E-state index contributed by atoms with van der Waals surface area (Å²) in [6.45, 7) is 1.74. The Labute approximate surface area is 94.1 Å². The lowest BCUT2D eigenvalue weighted by Gasteiger charge is -2.11. The lowest BCUT2D eigenvalue weighted by atomic mass is 10.2. The summed E-state index contributed by atoms with van der Waals surface area (Å²) < 4.78 is 15.3. The van der Waals surface area contributed by atoms with E-state index in [9.17, 15) is 4.21 Å². The number of nitriles is 1. The first kappa shape index (κ1) is 12.0. The molecule has 0 aromatic carbocycles. The summed E-state index contributed by atoms with van der Waals surface area (Å²) in [5.41, 5.74) is 0.755. The highest BCUT2D eigenvalue weighted by Gasteiger charge is 2.16. The molecular weight excluding hydrogens is 234 g/mol. The summed E-state index contributed by atoms with van der Waals surface area (Å²) in [4.78, 5) is 3.89. The van der Waals surface area contributed by atoms with Gasteiger partial charge in [0.05, 0.1) is 15.0 Å². The van der Waals surface area contributed by atoms with E-state index in [0.29, 0.717) is 5.15 Å². The van der Waals surface area contributed by atoms with E-state index in [2.05, 4.69) is 9.35 Å². The van der Waals surface area contributed by atoms with Crippen LogP contribution in [0.15, 0.2) is 22.7 Å². The number of halogens is 1. The van der Waals surface area contributed by atoms with Crippen molar-refractivity contribution in [2.75, 3.05) is 6.26 Å². The van der Waals surface area contributed by atoms with E-state index in [0.717, 1.165) is 5.56 Å². The fourth-order valence-electron chi connectivity index (χ4n) is 1.04. The molecule has 6 heteroatoms. The number of hydrogen-bond donors (Lipinski definition) is 0. The van der Waals surface area contributed by atoms with Gasteiger partial charge in [0.25, 0.3) is 0 Å². The highest BCUT2D eigenvalue weighted by Crippen LogP contribution is 2.22. The molecule has 0 saturated heterocycles. The molecule has 0 radical (unpaired) electrons. The van der Waals surface area contributed by atoms with Crippen LogP contribution in [0.5, 0.6) is 0 Å². The van der Waals surface area contributed by atoms with Gasteiger partial charge in [0.2, 0.25) is 6.19 Å². The first-order valence-electron chi connectivity index (χ1n) is 4.18. The fourth-order valence-corrected chi connectivity index (χ4v) is 2.12. The molecule has 1 unspecified atom stereocenters. The van der Waals surface area contributed by atoms with Crippen molar-refractivity contribution >= 4 is 21.3 Å². The molecule has 1 aromatic rings. The number of rotatable bonds is 2. The normalized spacial score (nSPS) is 16.1. The molecule has 1 heterocycles. The Morgan fingerprint density at radius 2 is 2.33 bits per heavy atom. The van der Waals surface area contributed by atoms with Crippen LogP contribution in [0, 0.1) is 11.5 Å². The van der Waals surface area contributed by atoms with E-state index < -0.39 is 9.73 Å². The van der Waals surface area contributed by atoms with Crippen LogP contribution in [0.1, 0.15) is 17.7 Å². The van der Waals surface area contributed by atoms with Gasteiger partial charge >= 0.3 is 0 Å². The van der Waals surface area contributed by atoms with Gasteiger partial charge in [0, 0.05) is 12.5 Å². The maximum Gasteiger partial charge on any atom is 0.214 e. The molecule has 0 N–H and O–H groups in total. The van der Waals surface area contributed by atoms with Crippen molar-refractivity contribution in [1.29, 1.82) is 5.26 Å². The lowest BCUT2D eigenvalue weighted by Crippen LogP contribution is -2.07. The van der Waals surface area contributed by atoms with Crippen molar-refractivity contribution in [3.63, 3.8) is 0 Å². The number of hydrogen-bond acceptors (Lipinski definition) is 4.